The first kappa shape index (κ1) is 22.3. The SMILES string of the molecule is COc1ccc(-c2ccc3c(c2)C(=O)N2CC[C@H](NC(=O)NC4CCCCC4)[C@H]2C(=O)N3)cc1. The molecule has 8 nitrogen and oxygen atoms in total. The second kappa shape index (κ2) is 9.37. The number of nitrogens with one attached hydrogen (secondary N) is 3. The van der Waals surface area contributed by atoms with Crippen molar-refractivity contribution in [3.63, 3.8) is 0 Å². The molecule has 2 fully saturated rings. The van der Waals surface area contributed by atoms with Crippen LogP contribution >= 0.6 is 0 Å². The van der Waals surface area contributed by atoms with Crippen LogP contribution in [0.1, 0.15) is 48.9 Å². The predicted octanol–water partition coefficient (Wildman–Crippen LogP) is 3.53. The molecule has 2 aliphatic heterocycles. The molecule has 0 bridgehead atoms. The van der Waals surface area contributed by atoms with Crippen LogP contribution in [0.5, 0.6) is 5.75 Å². The molecule has 2 heterocycles. The molecule has 34 heavy (non-hydrogen) atoms. The maximum Gasteiger partial charge on any atom is 0.315 e. The van der Waals surface area contributed by atoms with Crippen molar-refractivity contribution < 1.29 is 19.1 Å². The fourth-order valence-electron chi connectivity index (χ4n) is 5.29. The number of rotatable bonds is 4. The summed E-state index contributed by atoms with van der Waals surface area (Å²) in [6.07, 6.45) is 5.96. The first-order valence-electron chi connectivity index (χ1n) is 12.0. The number of carbonyl (C=O) groups is 3. The summed E-state index contributed by atoms with van der Waals surface area (Å²) in [5, 5.41) is 8.91. The molecule has 0 radical (unpaired) electrons. The van der Waals surface area contributed by atoms with Crippen LogP contribution < -0.4 is 20.7 Å². The van der Waals surface area contributed by atoms with E-state index in [1.165, 1.54) is 6.42 Å². The molecule has 8 heteroatoms. The summed E-state index contributed by atoms with van der Waals surface area (Å²) in [7, 11) is 1.62. The standard InChI is InChI=1S/C26H30N4O4/c1-34-19-10-7-16(8-11-19)17-9-12-21-20(15-17)25(32)30-14-13-22(23(30)24(31)28-21)29-26(33)27-18-5-3-2-4-6-18/h7-12,15,18,22-23H,2-6,13-14H2,1H3,(H,28,31)(H2,27,29,33)/t22-,23-/m0/s1. The quantitative estimate of drug-likeness (QED) is 0.647. The van der Waals surface area contributed by atoms with Crippen LogP contribution in [-0.2, 0) is 4.79 Å². The van der Waals surface area contributed by atoms with Crippen LogP contribution in [0, 0.1) is 0 Å². The Hall–Kier alpha value is -3.55. The zero-order valence-electron chi connectivity index (χ0n) is 19.3. The monoisotopic (exact) mass is 462 g/mol. The second-order valence-electron chi connectivity index (χ2n) is 9.27. The van der Waals surface area contributed by atoms with E-state index in [2.05, 4.69) is 16.0 Å². The molecular formula is C26H30N4O4. The average Bonchev–Trinajstić information content (AvgIpc) is 3.23. The highest BCUT2D eigenvalue weighted by atomic mass is 16.5. The number of urea groups is 1. The van der Waals surface area contributed by atoms with Crippen molar-refractivity contribution in [3.8, 4) is 16.9 Å². The van der Waals surface area contributed by atoms with Gasteiger partial charge in [0.25, 0.3) is 5.91 Å². The first-order valence-corrected chi connectivity index (χ1v) is 12.0. The number of hydrogen-bond acceptors (Lipinski definition) is 4. The topological polar surface area (TPSA) is 99.8 Å². The van der Waals surface area contributed by atoms with E-state index in [1.807, 2.05) is 36.4 Å². The lowest BCUT2D eigenvalue weighted by Crippen LogP contribution is -2.54. The largest absolute Gasteiger partial charge is 0.497 e. The lowest BCUT2D eigenvalue weighted by atomic mass is 9.96. The third kappa shape index (κ3) is 4.32. The number of carbonyl (C=O) groups excluding carboxylic acids is 3. The van der Waals surface area contributed by atoms with Gasteiger partial charge in [0.15, 0.2) is 0 Å². The fourth-order valence-corrected chi connectivity index (χ4v) is 5.29. The summed E-state index contributed by atoms with van der Waals surface area (Å²) < 4.78 is 5.23. The van der Waals surface area contributed by atoms with Gasteiger partial charge in [0, 0.05) is 12.6 Å². The van der Waals surface area contributed by atoms with Crippen molar-refractivity contribution >= 4 is 23.5 Å². The molecular weight excluding hydrogens is 432 g/mol. The van der Waals surface area contributed by atoms with E-state index >= 15 is 0 Å². The lowest BCUT2D eigenvalue weighted by Gasteiger charge is -2.27. The van der Waals surface area contributed by atoms with Gasteiger partial charge in [0.05, 0.1) is 24.4 Å². The summed E-state index contributed by atoms with van der Waals surface area (Å²) >= 11 is 0. The normalized spacial score (nSPS) is 22.3. The van der Waals surface area contributed by atoms with Gasteiger partial charge in [-0.1, -0.05) is 37.5 Å². The van der Waals surface area contributed by atoms with Gasteiger partial charge in [0.2, 0.25) is 5.91 Å². The van der Waals surface area contributed by atoms with Gasteiger partial charge >= 0.3 is 6.03 Å². The molecule has 3 aliphatic rings. The number of amides is 4. The summed E-state index contributed by atoms with van der Waals surface area (Å²) in [6, 6.07) is 11.8. The number of benzene rings is 2. The fraction of sp³-hybridized carbons (Fsp3) is 0.423. The highest BCUT2D eigenvalue weighted by Crippen LogP contribution is 2.33. The molecule has 3 N–H and O–H groups in total. The Morgan fingerprint density at radius 3 is 2.44 bits per heavy atom. The molecule has 5 rings (SSSR count). The van der Waals surface area contributed by atoms with E-state index in [9.17, 15) is 14.4 Å². The summed E-state index contributed by atoms with van der Waals surface area (Å²) in [5.41, 5.74) is 2.77. The third-order valence-electron chi connectivity index (χ3n) is 7.12. The summed E-state index contributed by atoms with van der Waals surface area (Å²) in [6.45, 7) is 0.414. The maximum absolute atomic E-state index is 13.5. The van der Waals surface area contributed by atoms with Crippen molar-refractivity contribution in [2.45, 2.75) is 56.7 Å². The van der Waals surface area contributed by atoms with Crippen molar-refractivity contribution in [1.29, 1.82) is 0 Å². The Kier molecular flexibility index (Phi) is 6.13. The first-order chi connectivity index (χ1) is 16.5. The third-order valence-corrected chi connectivity index (χ3v) is 7.12. The highest BCUT2D eigenvalue weighted by Gasteiger charge is 2.45. The lowest BCUT2D eigenvalue weighted by molar-refractivity contribution is -0.120. The van der Waals surface area contributed by atoms with Gasteiger partial charge in [-0.2, -0.15) is 0 Å². The summed E-state index contributed by atoms with van der Waals surface area (Å²) in [4.78, 5) is 40.8. The molecule has 178 valence electrons. The molecule has 2 atom stereocenters. The van der Waals surface area contributed by atoms with Crippen LogP contribution in [0.15, 0.2) is 42.5 Å². The van der Waals surface area contributed by atoms with Gasteiger partial charge in [-0.3, -0.25) is 9.59 Å². The van der Waals surface area contributed by atoms with Crippen molar-refractivity contribution in [3.05, 3.63) is 48.0 Å². The van der Waals surface area contributed by atoms with Crippen LogP contribution in [0.25, 0.3) is 11.1 Å². The van der Waals surface area contributed by atoms with E-state index in [4.69, 9.17) is 4.74 Å². The zero-order valence-corrected chi connectivity index (χ0v) is 19.3. The van der Waals surface area contributed by atoms with Gasteiger partial charge in [-0.05, 0) is 54.7 Å². The van der Waals surface area contributed by atoms with Gasteiger partial charge in [-0.15, -0.1) is 0 Å². The molecule has 1 saturated heterocycles. The van der Waals surface area contributed by atoms with Gasteiger partial charge < -0.3 is 25.6 Å². The van der Waals surface area contributed by atoms with Crippen LogP contribution in [0.2, 0.25) is 0 Å². The maximum atomic E-state index is 13.5. The second-order valence-corrected chi connectivity index (χ2v) is 9.27. The molecule has 0 spiro atoms. The number of nitrogens with zero attached hydrogens (tertiary/aromatic N) is 1. The van der Waals surface area contributed by atoms with E-state index in [-0.39, 0.29) is 23.9 Å². The van der Waals surface area contributed by atoms with E-state index < -0.39 is 12.1 Å². The van der Waals surface area contributed by atoms with Crippen LogP contribution in [0.3, 0.4) is 0 Å². The molecule has 0 unspecified atom stereocenters. The van der Waals surface area contributed by atoms with Crippen LogP contribution in [-0.4, -0.2) is 54.5 Å². The van der Waals surface area contributed by atoms with Crippen molar-refractivity contribution in [1.82, 2.24) is 15.5 Å². The van der Waals surface area contributed by atoms with Crippen molar-refractivity contribution in [2.75, 3.05) is 19.0 Å². The minimum Gasteiger partial charge on any atom is -0.497 e. The predicted molar refractivity (Wildman–Crippen MR) is 129 cm³/mol. The molecule has 2 aromatic carbocycles. The Balaban J connectivity index is 1.33. The Bertz CT molecular complexity index is 1090. The molecule has 0 aromatic heterocycles. The molecule has 1 aliphatic carbocycles. The Labute approximate surface area is 199 Å². The van der Waals surface area contributed by atoms with Gasteiger partial charge in [-0.25, -0.2) is 4.79 Å². The van der Waals surface area contributed by atoms with Gasteiger partial charge in [0.1, 0.15) is 11.8 Å². The average molecular weight is 463 g/mol. The number of ether oxygens (including phenoxy) is 1. The van der Waals surface area contributed by atoms with E-state index in [0.29, 0.717) is 24.2 Å². The number of fused-ring (bicyclic) bond motifs is 2. The molecule has 4 amide bonds. The number of methoxy groups -OCH3 is 1. The Morgan fingerprint density at radius 2 is 1.71 bits per heavy atom. The zero-order chi connectivity index (χ0) is 23.7. The van der Waals surface area contributed by atoms with Crippen LogP contribution in [0.4, 0.5) is 10.5 Å². The summed E-state index contributed by atoms with van der Waals surface area (Å²) in [5.74, 6) is 0.281. The minimum absolute atomic E-state index is 0.177. The van der Waals surface area contributed by atoms with E-state index in [0.717, 1.165) is 42.6 Å². The van der Waals surface area contributed by atoms with E-state index in [1.54, 1.807) is 18.1 Å². The highest BCUT2D eigenvalue weighted by molar-refractivity contribution is 6.11. The minimum atomic E-state index is -0.735. The smallest absolute Gasteiger partial charge is 0.315 e. The molecule has 2 aromatic rings. The molecule has 1 saturated carbocycles. The number of hydrogen-bond donors (Lipinski definition) is 3. The Morgan fingerprint density at radius 1 is 0.971 bits per heavy atom. The number of anilines is 1. The van der Waals surface area contributed by atoms with Crippen molar-refractivity contribution in [2.24, 2.45) is 0 Å².